The highest BCUT2D eigenvalue weighted by atomic mass is 127. The van der Waals surface area contributed by atoms with Gasteiger partial charge in [0.2, 0.25) is 0 Å². The fourth-order valence-electron chi connectivity index (χ4n) is 1.23. The van der Waals surface area contributed by atoms with E-state index in [0.29, 0.717) is 5.02 Å². The van der Waals surface area contributed by atoms with Crippen molar-refractivity contribution < 1.29 is 0 Å². The zero-order valence-electron chi connectivity index (χ0n) is 8.36. The van der Waals surface area contributed by atoms with Crippen LogP contribution in [0.2, 0.25) is 5.02 Å². The molecule has 0 bridgehead atoms. The monoisotopic (exact) mass is 361 g/mol. The van der Waals surface area contributed by atoms with Gasteiger partial charge in [-0.05, 0) is 34.2 Å². The summed E-state index contributed by atoms with van der Waals surface area (Å²) in [4.78, 5) is 4.32. The Bertz CT molecular complexity index is 476. The smallest absolute Gasteiger partial charge is 0.110 e. The molecule has 0 atom stereocenters. The van der Waals surface area contributed by atoms with Gasteiger partial charge >= 0.3 is 0 Å². The molecule has 82 valence electrons. The second kappa shape index (κ2) is 5.89. The Balaban J connectivity index is 2.05. The third-order valence-corrected chi connectivity index (χ3v) is 4.46. The van der Waals surface area contributed by atoms with Crippen LogP contribution in [-0.4, -0.2) is 4.98 Å². The van der Waals surface area contributed by atoms with Crippen molar-refractivity contribution in [2.45, 2.75) is 10.8 Å². The van der Waals surface area contributed by atoms with Gasteiger partial charge in [-0.1, -0.05) is 41.9 Å². The molecule has 0 unspecified atom stereocenters. The van der Waals surface area contributed by atoms with E-state index in [-0.39, 0.29) is 0 Å². The van der Waals surface area contributed by atoms with Crippen LogP contribution in [0.15, 0.2) is 47.6 Å². The van der Waals surface area contributed by atoms with Gasteiger partial charge in [0.25, 0.3) is 0 Å². The number of rotatable bonds is 3. The molecule has 1 heterocycles. The number of benzene rings is 1. The molecule has 0 saturated carbocycles. The van der Waals surface area contributed by atoms with Crippen LogP contribution in [0, 0.1) is 3.57 Å². The predicted molar refractivity (Wildman–Crippen MR) is 78.0 cm³/mol. The Kier molecular flexibility index (Phi) is 4.49. The summed E-state index contributed by atoms with van der Waals surface area (Å²) in [5, 5.41) is 1.72. The van der Waals surface area contributed by atoms with Crippen LogP contribution in [0.5, 0.6) is 0 Å². The zero-order chi connectivity index (χ0) is 11.4. The maximum Gasteiger partial charge on any atom is 0.110 e. The van der Waals surface area contributed by atoms with Crippen LogP contribution in [-0.2, 0) is 5.75 Å². The summed E-state index contributed by atoms with van der Waals surface area (Å²) in [7, 11) is 0. The molecule has 1 aromatic heterocycles. The minimum absolute atomic E-state index is 0.688. The van der Waals surface area contributed by atoms with Crippen LogP contribution >= 0.6 is 46.0 Å². The lowest BCUT2D eigenvalue weighted by Crippen LogP contribution is -1.86. The lowest BCUT2D eigenvalue weighted by atomic mass is 10.2. The first-order valence-corrected chi connectivity index (χ1v) is 7.18. The fourth-order valence-corrected chi connectivity index (χ4v) is 3.34. The molecule has 1 aromatic carbocycles. The van der Waals surface area contributed by atoms with Crippen molar-refractivity contribution in [3.63, 3.8) is 0 Å². The van der Waals surface area contributed by atoms with Gasteiger partial charge in [0, 0.05) is 15.5 Å². The first-order chi connectivity index (χ1) is 7.75. The topological polar surface area (TPSA) is 12.9 Å². The van der Waals surface area contributed by atoms with Gasteiger partial charge in [0.15, 0.2) is 0 Å². The predicted octanol–water partition coefficient (Wildman–Crippen LogP) is 4.63. The van der Waals surface area contributed by atoms with Gasteiger partial charge in [-0.3, -0.25) is 0 Å². The highest BCUT2D eigenvalue weighted by molar-refractivity contribution is 14.1. The minimum Gasteiger partial charge on any atom is -0.247 e. The van der Waals surface area contributed by atoms with Gasteiger partial charge < -0.3 is 0 Å². The Morgan fingerprint density at radius 1 is 1.25 bits per heavy atom. The maximum absolute atomic E-state index is 5.86. The highest BCUT2D eigenvalue weighted by Crippen LogP contribution is 2.26. The number of pyridine rings is 1. The molecule has 0 N–H and O–H groups in total. The van der Waals surface area contributed by atoms with Gasteiger partial charge in [-0.25, -0.2) is 4.98 Å². The van der Waals surface area contributed by atoms with Crippen LogP contribution in [0.1, 0.15) is 5.56 Å². The summed E-state index contributed by atoms with van der Waals surface area (Å²) in [5.41, 5.74) is 1.31. The second-order valence-electron chi connectivity index (χ2n) is 3.21. The first-order valence-electron chi connectivity index (χ1n) is 4.73. The largest absolute Gasteiger partial charge is 0.247 e. The molecule has 4 heteroatoms. The molecular formula is C12H9ClINS. The van der Waals surface area contributed by atoms with Crippen molar-refractivity contribution in [2.24, 2.45) is 0 Å². The summed E-state index contributed by atoms with van der Waals surface area (Å²) in [6.07, 6.45) is 1.69. The van der Waals surface area contributed by atoms with E-state index in [2.05, 4.69) is 51.8 Å². The molecule has 0 spiro atoms. The lowest BCUT2D eigenvalue weighted by Gasteiger charge is -2.03. The van der Waals surface area contributed by atoms with E-state index in [9.17, 15) is 0 Å². The van der Waals surface area contributed by atoms with Crippen LogP contribution in [0.25, 0.3) is 0 Å². The molecule has 2 rings (SSSR count). The number of hydrogen-bond donors (Lipinski definition) is 0. The Hall–Kier alpha value is -0.260. The Morgan fingerprint density at radius 3 is 2.69 bits per heavy atom. The molecule has 16 heavy (non-hydrogen) atoms. The average molecular weight is 362 g/mol. The number of halogens is 2. The third kappa shape index (κ3) is 3.37. The molecule has 0 aliphatic rings. The molecular weight excluding hydrogens is 353 g/mol. The molecule has 0 saturated heterocycles. The fraction of sp³-hybridized carbons (Fsp3) is 0.0833. The van der Waals surface area contributed by atoms with Crippen molar-refractivity contribution in [1.29, 1.82) is 0 Å². The van der Waals surface area contributed by atoms with Crippen molar-refractivity contribution in [1.82, 2.24) is 4.98 Å². The van der Waals surface area contributed by atoms with E-state index in [1.165, 1.54) is 5.56 Å². The van der Waals surface area contributed by atoms with Crippen LogP contribution in [0.4, 0.5) is 0 Å². The van der Waals surface area contributed by atoms with E-state index in [1.54, 1.807) is 18.0 Å². The van der Waals surface area contributed by atoms with Gasteiger partial charge in [-0.2, -0.15) is 0 Å². The number of aromatic nitrogens is 1. The van der Waals surface area contributed by atoms with E-state index in [0.717, 1.165) is 14.3 Å². The van der Waals surface area contributed by atoms with E-state index in [4.69, 9.17) is 11.6 Å². The number of nitrogens with zero attached hydrogens (tertiary/aromatic N) is 1. The molecule has 0 fully saturated rings. The van der Waals surface area contributed by atoms with E-state index in [1.807, 2.05) is 12.1 Å². The molecule has 0 amide bonds. The summed E-state index contributed by atoms with van der Waals surface area (Å²) in [6.45, 7) is 0. The van der Waals surface area contributed by atoms with Crippen molar-refractivity contribution in [2.75, 3.05) is 0 Å². The summed E-state index contributed by atoms with van der Waals surface area (Å²) in [5.74, 6) is 0.936. The van der Waals surface area contributed by atoms with Gasteiger partial charge in [0.1, 0.15) is 5.03 Å². The number of hydrogen-bond acceptors (Lipinski definition) is 2. The summed E-state index contributed by atoms with van der Waals surface area (Å²) in [6, 6.07) is 12.3. The zero-order valence-corrected chi connectivity index (χ0v) is 12.1. The first kappa shape index (κ1) is 12.2. The molecule has 0 aliphatic heterocycles. The molecule has 2 aromatic rings. The van der Waals surface area contributed by atoms with Gasteiger partial charge in [-0.15, -0.1) is 11.8 Å². The number of thioether (sulfide) groups is 1. The highest BCUT2D eigenvalue weighted by Gasteiger charge is 2.03. The molecule has 1 nitrogen and oxygen atoms in total. The van der Waals surface area contributed by atoms with E-state index < -0.39 is 0 Å². The second-order valence-corrected chi connectivity index (χ2v) is 5.78. The Morgan fingerprint density at radius 2 is 2.00 bits per heavy atom. The Labute approximate surface area is 118 Å². The lowest BCUT2D eigenvalue weighted by molar-refractivity contribution is 1.10. The van der Waals surface area contributed by atoms with Crippen molar-refractivity contribution in [3.05, 3.63) is 56.8 Å². The molecule has 0 radical (unpaired) electrons. The van der Waals surface area contributed by atoms with Gasteiger partial charge in [0.05, 0.1) is 5.02 Å². The van der Waals surface area contributed by atoms with Crippen molar-refractivity contribution in [3.8, 4) is 0 Å². The van der Waals surface area contributed by atoms with Crippen molar-refractivity contribution >= 4 is 46.0 Å². The summed E-state index contributed by atoms with van der Waals surface area (Å²) < 4.78 is 1.10. The summed E-state index contributed by atoms with van der Waals surface area (Å²) >= 11 is 9.85. The minimum atomic E-state index is 0.688. The average Bonchev–Trinajstić information content (AvgIpc) is 2.29. The quantitative estimate of drug-likeness (QED) is 0.584. The SMILES string of the molecule is Clc1cnc(SCc2ccccc2)c(I)c1. The van der Waals surface area contributed by atoms with Crippen LogP contribution < -0.4 is 0 Å². The van der Waals surface area contributed by atoms with Crippen LogP contribution in [0.3, 0.4) is 0 Å². The van der Waals surface area contributed by atoms with E-state index >= 15 is 0 Å². The maximum atomic E-state index is 5.86. The standard InChI is InChI=1S/C12H9ClINS/c13-10-6-11(14)12(15-7-10)16-8-9-4-2-1-3-5-9/h1-7H,8H2. The molecule has 0 aliphatic carbocycles. The third-order valence-electron chi connectivity index (χ3n) is 1.99. The normalized spacial score (nSPS) is 10.4.